The summed E-state index contributed by atoms with van der Waals surface area (Å²) in [5.74, 6) is 0. The molecule has 0 saturated carbocycles. The molecule has 0 unspecified atom stereocenters. The minimum atomic E-state index is 0.967. The average Bonchev–Trinajstić information content (AvgIpc) is 2.85. The van der Waals surface area contributed by atoms with E-state index in [-0.39, 0.29) is 0 Å². The lowest BCUT2D eigenvalue weighted by Crippen LogP contribution is -1.88. The lowest BCUT2D eigenvalue weighted by Gasteiger charge is -2.08. The molecule has 0 N–H and O–H groups in total. The highest BCUT2D eigenvalue weighted by atomic mass is 14.7. The molecule has 30 heavy (non-hydrogen) atoms. The van der Waals surface area contributed by atoms with Gasteiger partial charge in [0.15, 0.2) is 0 Å². The highest BCUT2D eigenvalue weighted by molar-refractivity contribution is 5.74. The summed E-state index contributed by atoms with van der Waals surface area (Å²) in [5, 5.41) is 0. The maximum atomic E-state index is 4.58. The summed E-state index contributed by atoms with van der Waals surface area (Å²) in [5.41, 5.74) is 8.84. The minimum absolute atomic E-state index is 0.967. The van der Waals surface area contributed by atoms with Crippen molar-refractivity contribution in [2.75, 3.05) is 0 Å². The molecule has 2 aromatic heterocycles. The quantitative estimate of drug-likeness (QED) is 0.329. The van der Waals surface area contributed by atoms with Crippen LogP contribution in [0.4, 0.5) is 0 Å². The van der Waals surface area contributed by atoms with Crippen LogP contribution in [0.3, 0.4) is 0 Å². The van der Waals surface area contributed by atoms with Gasteiger partial charge in [0.25, 0.3) is 0 Å². The first-order chi connectivity index (χ1) is 14.9. The van der Waals surface area contributed by atoms with E-state index in [0.717, 1.165) is 22.5 Å². The van der Waals surface area contributed by atoms with Crippen LogP contribution in [-0.2, 0) is 0 Å². The van der Waals surface area contributed by atoms with Crippen molar-refractivity contribution in [3.05, 3.63) is 122 Å². The van der Waals surface area contributed by atoms with Crippen molar-refractivity contribution in [1.82, 2.24) is 9.97 Å². The van der Waals surface area contributed by atoms with Crippen molar-refractivity contribution in [1.29, 1.82) is 0 Å². The maximum Gasteiger partial charge on any atom is 0.0708 e. The van der Waals surface area contributed by atoms with Crippen molar-refractivity contribution in [3.8, 4) is 44.8 Å². The van der Waals surface area contributed by atoms with E-state index in [1.807, 2.05) is 36.7 Å². The van der Waals surface area contributed by atoms with Crippen LogP contribution in [-0.4, -0.2) is 9.97 Å². The van der Waals surface area contributed by atoms with E-state index in [9.17, 15) is 0 Å². The number of benzene rings is 3. The predicted molar refractivity (Wildman–Crippen MR) is 124 cm³/mol. The van der Waals surface area contributed by atoms with Crippen LogP contribution in [0.2, 0.25) is 0 Å². The molecule has 2 nitrogen and oxygen atoms in total. The van der Waals surface area contributed by atoms with Crippen LogP contribution < -0.4 is 0 Å². The van der Waals surface area contributed by atoms with Gasteiger partial charge in [0.1, 0.15) is 0 Å². The molecule has 5 aromatic rings. The van der Waals surface area contributed by atoms with Crippen LogP contribution >= 0.6 is 0 Å². The zero-order valence-corrected chi connectivity index (χ0v) is 16.4. The second-order valence-corrected chi connectivity index (χ2v) is 7.17. The molecule has 0 radical (unpaired) electrons. The summed E-state index contributed by atoms with van der Waals surface area (Å²) >= 11 is 0. The molecule has 0 bridgehead atoms. The molecule has 0 aliphatic rings. The highest BCUT2D eigenvalue weighted by Gasteiger charge is 2.06. The number of nitrogens with zero attached hydrogens (tertiary/aromatic N) is 2. The van der Waals surface area contributed by atoms with Gasteiger partial charge < -0.3 is 0 Å². The first-order valence-corrected chi connectivity index (χ1v) is 10.0. The Labute approximate surface area is 176 Å². The van der Waals surface area contributed by atoms with E-state index in [0.29, 0.717) is 0 Å². The van der Waals surface area contributed by atoms with E-state index in [1.165, 1.54) is 22.3 Å². The Hall–Kier alpha value is -4.04. The standard InChI is InChI=1S/C28H20N2/c1-3-7-21(8-4-1)25-15-17-29-27(19-25)23-11-13-24(14-12-23)28-20-26(16-18-30-28)22-9-5-2-6-10-22/h1-20H. The number of rotatable bonds is 4. The molecular weight excluding hydrogens is 364 g/mol. The number of hydrogen-bond donors (Lipinski definition) is 0. The lowest BCUT2D eigenvalue weighted by atomic mass is 10.0. The third-order valence-corrected chi connectivity index (χ3v) is 5.21. The van der Waals surface area contributed by atoms with Gasteiger partial charge in [-0.2, -0.15) is 0 Å². The third-order valence-electron chi connectivity index (χ3n) is 5.21. The molecular formula is C28H20N2. The van der Waals surface area contributed by atoms with Gasteiger partial charge in [-0.25, -0.2) is 0 Å². The molecule has 0 spiro atoms. The molecule has 0 atom stereocenters. The zero-order chi connectivity index (χ0) is 20.2. The molecule has 0 amide bonds. The van der Waals surface area contributed by atoms with Crippen LogP contribution in [0.15, 0.2) is 122 Å². The van der Waals surface area contributed by atoms with Crippen molar-refractivity contribution < 1.29 is 0 Å². The minimum Gasteiger partial charge on any atom is -0.256 e. The number of aromatic nitrogens is 2. The van der Waals surface area contributed by atoms with E-state index in [4.69, 9.17) is 0 Å². The monoisotopic (exact) mass is 384 g/mol. The number of pyridine rings is 2. The van der Waals surface area contributed by atoms with Crippen molar-refractivity contribution in [2.45, 2.75) is 0 Å². The predicted octanol–water partition coefficient (Wildman–Crippen LogP) is 7.14. The molecule has 2 heteroatoms. The van der Waals surface area contributed by atoms with E-state index < -0.39 is 0 Å². The third kappa shape index (κ3) is 3.76. The van der Waals surface area contributed by atoms with Gasteiger partial charge >= 0.3 is 0 Å². The normalized spacial score (nSPS) is 10.7. The summed E-state index contributed by atoms with van der Waals surface area (Å²) in [7, 11) is 0. The summed E-state index contributed by atoms with van der Waals surface area (Å²) < 4.78 is 0. The van der Waals surface area contributed by atoms with E-state index >= 15 is 0 Å². The fourth-order valence-electron chi connectivity index (χ4n) is 3.61. The molecule has 3 aromatic carbocycles. The van der Waals surface area contributed by atoms with Gasteiger partial charge in [-0.3, -0.25) is 9.97 Å². The van der Waals surface area contributed by atoms with Crippen LogP contribution in [0.25, 0.3) is 44.8 Å². The Morgan fingerprint density at radius 2 is 0.733 bits per heavy atom. The molecule has 0 aliphatic carbocycles. The Balaban J connectivity index is 1.44. The van der Waals surface area contributed by atoms with Gasteiger partial charge in [-0.05, 0) is 46.5 Å². The Morgan fingerprint density at radius 3 is 1.13 bits per heavy atom. The largest absolute Gasteiger partial charge is 0.256 e. The second kappa shape index (κ2) is 8.14. The first kappa shape index (κ1) is 18.0. The van der Waals surface area contributed by atoms with Gasteiger partial charge in [-0.1, -0.05) is 84.9 Å². The Morgan fingerprint density at radius 1 is 0.333 bits per heavy atom. The molecule has 0 aliphatic heterocycles. The molecule has 142 valence electrons. The van der Waals surface area contributed by atoms with Crippen LogP contribution in [0.1, 0.15) is 0 Å². The summed E-state index contributed by atoms with van der Waals surface area (Å²) in [6.07, 6.45) is 3.74. The average molecular weight is 384 g/mol. The first-order valence-electron chi connectivity index (χ1n) is 10.0. The fourth-order valence-corrected chi connectivity index (χ4v) is 3.61. The Bertz CT molecular complexity index is 1160. The van der Waals surface area contributed by atoms with Crippen molar-refractivity contribution in [2.24, 2.45) is 0 Å². The molecule has 0 fully saturated rings. The summed E-state index contributed by atoms with van der Waals surface area (Å²) in [6.45, 7) is 0. The zero-order valence-electron chi connectivity index (χ0n) is 16.4. The van der Waals surface area contributed by atoms with Crippen LogP contribution in [0.5, 0.6) is 0 Å². The van der Waals surface area contributed by atoms with Crippen LogP contribution in [0, 0.1) is 0 Å². The molecule has 0 saturated heterocycles. The van der Waals surface area contributed by atoms with Gasteiger partial charge in [0, 0.05) is 23.5 Å². The highest BCUT2D eigenvalue weighted by Crippen LogP contribution is 2.28. The van der Waals surface area contributed by atoms with Crippen molar-refractivity contribution >= 4 is 0 Å². The van der Waals surface area contributed by atoms with Gasteiger partial charge in [0.05, 0.1) is 11.4 Å². The fraction of sp³-hybridized carbons (Fsp3) is 0. The lowest BCUT2D eigenvalue weighted by molar-refractivity contribution is 1.31. The smallest absolute Gasteiger partial charge is 0.0708 e. The second-order valence-electron chi connectivity index (χ2n) is 7.17. The molecule has 5 rings (SSSR count). The van der Waals surface area contributed by atoms with E-state index in [1.54, 1.807) is 0 Å². The maximum absolute atomic E-state index is 4.58. The van der Waals surface area contributed by atoms with Crippen molar-refractivity contribution in [3.63, 3.8) is 0 Å². The summed E-state index contributed by atoms with van der Waals surface area (Å²) in [6, 6.07) is 37.6. The topological polar surface area (TPSA) is 25.8 Å². The number of hydrogen-bond acceptors (Lipinski definition) is 2. The molecule has 2 heterocycles. The van der Waals surface area contributed by atoms with Gasteiger partial charge in [0.2, 0.25) is 0 Å². The van der Waals surface area contributed by atoms with Gasteiger partial charge in [-0.15, -0.1) is 0 Å². The van der Waals surface area contributed by atoms with E-state index in [2.05, 4.69) is 94.9 Å². The Kier molecular flexibility index (Phi) is 4.89. The SMILES string of the molecule is c1ccc(-c2ccnc(-c3ccc(-c4cc(-c5ccccc5)ccn4)cc3)c2)cc1. The summed E-state index contributed by atoms with van der Waals surface area (Å²) in [4.78, 5) is 9.15.